The van der Waals surface area contributed by atoms with Crippen LogP contribution in [-0.2, 0) is 6.42 Å². The van der Waals surface area contributed by atoms with E-state index in [1.54, 1.807) is 19.1 Å². The highest BCUT2D eigenvalue weighted by molar-refractivity contribution is 5.40. The number of fused-ring (bicyclic) bond motifs is 5. The van der Waals surface area contributed by atoms with Gasteiger partial charge in [0.05, 0.1) is 7.45 Å². The quantitative estimate of drug-likeness (QED) is 0.760. The first-order valence-corrected chi connectivity index (χ1v) is 7.49. The second-order valence-corrected chi connectivity index (χ2v) is 6.74. The van der Waals surface area contributed by atoms with Gasteiger partial charge < -0.3 is 10.2 Å². The molecule has 0 bridgehead atoms. The molecule has 0 unspecified atom stereocenters. The molecule has 0 spiro atoms. The van der Waals surface area contributed by atoms with Crippen LogP contribution in [0.15, 0.2) is 18.2 Å². The van der Waals surface area contributed by atoms with E-state index in [0.717, 1.165) is 11.1 Å². The van der Waals surface area contributed by atoms with Crippen molar-refractivity contribution in [3.05, 3.63) is 29.3 Å². The summed E-state index contributed by atoms with van der Waals surface area (Å²) >= 11 is 0. The van der Waals surface area contributed by atoms with Crippen molar-refractivity contribution in [3.8, 4) is 5.75 Å². The number of rotatable bonds is 0. The highest BCUT2D eigenvalue weighted by atomic mass is 16.3. The lowest BCUT2D eigenvalue weighted by Gasteiger charge is -2.50. The highest BCUT2D eigenvalue weighted by Crippen LogP contribution is 2.60. The van der Waals surface area contributed by atoms with Crippen molar-refractivity contribution in [2.24, 2.45) is 17.3 Å². The van der Waals surface area contributed by atoms with Gasteiger partial charge >= 0.3 is 0 Å². The zero-order valence-corrected chi connectivity index (χ0v) is 11.7. The Morgan fingerprint density at radius 3 is 3.05 bits per heavy atom. The molecular weight excluding hydrogens is 248 g/mol. The second-order valence-electron chi connectivity index (χ2n) is 6.74. The predicted octanol–water partition coefficient (Wildman–Crippen LogP) is 3.61. The molecule has 1 aromatic carbocycles. The van der Waals surface area contributed by atoms with Gasteiger partial charge in [0.2, 0.25) is 0 Å². The van der Waals surface area contributed by atoms with E-state index in [1.165, 1.54) is 0 Å². The van der Waals surface area contributed by atoms with E-state index in [2.05, 4.69) is 0 Å². The SMILES string of the molecule is [2H]C1([2H])[C@H]2[C@@H]3CCc4cc(O)ccc4[C@H]3CC[C@]2(C)[C@@]([2H])(O)C1([2H])[2H]. The lowest BCUT2D eigenvalue weighted by molar-refractivity contribution is -0.0226. The minimum Gasteiger partial charge on any atom is -0.508 e. The molecule has 2 nitrogen and oxygen atoms in total. The number of hydrogen-bond acceptors (Lipinski definition) is 2. The number of phenols is 1. The Morgan fingerprint density at radius 2 is 2.20 bits per heavy atom. The Bertz CT molecular complexity index is 732. The molecular formula is C18H24O2. The molecule has 5 atom stereocenters. The molecule has 0 saturated heterocycles. The Labute approximate surface area is 127 Å². The van der Waals surface area contributed by atoms with Crippen molar-refractivity contribution < 1.29 is 17.1 Å². The number of aryl methyl sites for hydroxylation is 1. The maximum atomic E-state index is 10.8. The minimum atomic E-state index is -2.62. The normalized spacial score (nSPS) is 55.1. The molecule has 108 valence electrons. The minimum absolute atomic E-state index is 0.0854. The summed E-state index contributed by atoms with van der Waals surface area (Å²) < 4.78 is 41.8. The maximum absolute atomic E-state index is 10.8. The van der Waals surface area contributed by atoms with Crippen molar-refractivity contribution in [1.29, 1.82) is 0 Å². The van der Waals surface area contributed by atoms with Crippen LogP contribution in [0.4, 0.5) is 0 Å². The third kappa shape index (κ3) is 1.60. The summed E-state index contributed by atoms with van der Waals surface area (Å²) in [5.41, 5.74) is 1.07. The van der Waals surface area contributed by atoms with Crippen LogP contribution in [0, 0.1) is 17.3 Å². The molecule has 2 fully saturated rings. The van der Waals surface area contributed by atoms with E-state index in [1.807, 2.05) is 6.07 Å². The molecule has 0 amide bonds. The summed E-state index contributed by atoms with van der Waals surface area (Å²) in [5, 5.41) is 20.5. The monoisotopic (exact) mass is 277 g/mol. The van der Waals surface area contributed by atoms with Crippen molar-refractivity contribution in [3.63, 3.8) is 0 Å². The van der Waals surface area contributed by atoms with Crippen LogP contribution in [-0.4, -0.2) is 16.3 Å². The molecule has 1 aromatic rings. The van der Waals surface area contributed by atoms with E-state index in [9.17, 15) is 10.2 Å². The number of benzene rings is 1. The lowest BCUT2D eigenvalue weighted by Crippen LogP contribution is -2.43. The summed E-state index contributed by atoms with van der Waals surface area (Å²) in [5.74, 6) is -0.508. The van der Waals surface area contributed by atoms with Crippen LogP contribution >= 0.6 is 0 Å². The summed E-state index contributed by atoms with van der Waals surface area (Å²) in [6.45, 7) is 1.69. The van der Waals surface area contributed by atoms with E-state index < -0.39 is 30.2 Å². The second kappa shape index (κ2) is 4.24. The molecule has 2 saturated carbocycles. The first kappa shape index (κ1) is 8.43. The van der Waals surface area contributed by atoms with Gasteiger partial charge in [-0.2, -0.15) is 0 Å². The van der Waals surface area contributed by atoms with E-state index in [4.69, 9.17) is 6.85 Å². The van der Waals surface area contributed by atoms with Gasteiger partial charge in [-0.3, -0.25) is 0 Å². The van der Waals surface area contributed by atoms with Crippen molar-refractivity contribution in [2.45, 2.75) is 57.4 Å². The Morgan fingerprint density at radius 1 is 1.35 bits per heavy atom. The molecule has 0 aromatic heterocycles. The molecule has 3 aliphatic rings. The largest absolute Gasteiger partial charge is 0.508 e. The zero-order valence-electron chi connectivity index (χ0n) is 16.7. The first-order chi connectivity index (χ1) is 11.4. The number of aliphatic hydroxyl groups is 1. The van der Waals surface area contributed by atoms with Crippen LogP contribution in [0.5, 0.6) is 5.75 Å². The number of hydrogen-bond donors (Lipinski definition) is 2. The third-order valence-electron chi connectivity index (χ3n) is 5.77. The van der Waals surface area contributed by atoms with Crippen LogP contribution in [0.3, 0.4) is 0 Å². The molecule has 2 N–H and O–H groups in total. The van der Waals surface area contributed by atoms with Crippen LogP contribution < -0.4 is 0 Å². The first-order valence-electron chi connectivity index (χ1n) is 9.99. The molecule has 0 heterocycles. The van der Waals surface area contributed by atoms with Gasteiger partial charge in [0, 0.05) is 5.48 Å². The van der Waals surface area contributed by atoms with E-state index in [-0.39, 0.29) is 17.6 Å². The Balaban J connectivity index is 1.84. The Hall–Kier alpha value is -1.02. The van der Waals surface area contributed by atoms with Gasteiger partial charge in [-0.1, -0.05) is 13.0 Å². The number of aromatic hydroxyl groups is 1. The van der Waals surface area contributed by atoms with Gasteiger partial charge in [0.15, 0.2) is 0 Å². The molecule has 3 aliphatic carbocycles. The summed E-state index contributed by atoms with van der Waals surface area (Å²) in [7, 11) is 0. The van der Waals surface area contributed by atoms with Gasteiger partial charge in [0.1, 0.15) is 5.75 Å². The third-order valence-corrected chi connectivity index (χ3v) is 5.77. The zero-order chi connectivity index (χ0) is 18.4. The molecule has 2 heteroatoms. The standard InChI is InChI=1S/C18H24O2/c1-18-9-8-14-13-5-3-12(19)10-11(13)2-4-15(14)16(18)6-7-17(18)20/h3,5,10,14-17,19-20H,2,4,6-9H2,1H3/t14-,15-,16+,17+,18+/m1/s1/i6D2,7D2,17D. The average molecular weight is 277 g/mol. The van der Waals surface area contributed by atoms with E-state index >= 15 is 0 Å². The molecule has 4 rings (SSSR count). The fourth-order valence-corrected chi connectivity index (χ4v) is 4.60. The van der Waals surface area contributed by atoms with Gasteiger partial charge in [0.25, 0.3) is 0 Å². The van der Waals surface area contributed by atoms with Crippen LogP contribution in [0.25, 0.3) is 0 Å². The fraction of sp³-hybridized carbons (Fsp3) is 0.667. The lowest BCUT2D eigenvalue weighted by atomic mass is 9.55. The summed E-state index contributed by atoms with van der Waals surface area (Å²) in [6, 6.07) is 5.32. The van der Waals surface area contributed by atoms with Crippen molar-refractivity contribution >= 4 is 0 Å². The number of phenolic OH excluding ortho intramolecular Hbond substituents is 1. The summed E-state index contributed by atoms with van der Waals surface area (Å²) in [6.07, 6.45) is -4.84. The fourth-order valence-electron chi connectivity index (χ4n) is 4.60. The van der Waals surface area contributed by atoms with E-state index in [0.29, 0.717) is 25.7 Å². The van der Waals surface area contributed by atoms with Gasteiger partial charge in [-0.25, -0.2) is 0 Å². The molecule has 0 radical (unpaired) electrons. The van der Waals surface area contributed by atoms with Gasteiger partial charge in [-0.05, 0) is 84.9 Å². The van der Waals surface area contributed by atoms with Crippen molar-refractivity contribution in [2.75, 3.05) is 0 Å². The summed E-state index contributed by atoms with van der Waals surface area (Å²) in [4.78, 5) is 0. The maximum Gasteiger partial charge on any atom is 0.115 e. The van der Waals surface area contributed by atoms with Crippen LogP contribution in [0.2, 0.25) is 0 Å². The average Bonchev–Trinajstić information content (AvgIpc) is 2.60. The topological polar surface area (TPSA) is 40.5 Å². The van der Waals surface area contributed by atoms with Crippen LogP contribution in [0.1, 0.15) is 62.8 Å². The van der Waals surface area contributed by atoms with Gasteiger partial charge in [-0.15, -0.1) is 0 Å². The van der Waals surface area contributed by atoms with Crippen molar-refractivity contribution in [1.82, 2.24) is 0 Å². The Kier molecular flexibility index (Phi) is 1.79. The molecule has 0 aliphatic heterocycles. The molecule has 20 heavy (non-hydrogen) atoms. The highest BCUT2D eigenvalue weighted by Gasteiger charge is 2.54. The smallest absolute Gasteiger partial charge is 0.115 e. The predicted molar refractivity (Wildman–Crippen MR) is 78.7 cm³/mol.